The summed E-state index contributed by atoms with van der Waals surface area (Å²) in [6.07, 6.45) is 7.19. The summed E-state index contributed by atoms with van der Waals surface area (Å²) in [5.74, 6) is -3.54. The molecule has 1 fully saturated rings. The molecular weight excluding hydrogens is 492 g/mol. The van der Waals surface area contributed by atoms with Crippen LogP contribution in [0.15, 0.2) is 30.3 Å². The first-order valence-corrected chi connectivity index (χ1v) is 13.4. The van der Waals surface area contributed by atoms with Crippen LogP contribution in [0.4, 0.5) is 4.79 Å². The summed E-state index contributed by atoms with van der Waals surface area (Å²) in [5, 5.41) is 29.1. The summed E-state index contributed by atoms with van der Waals surface area (Å²) < 4.78 is 0. The topological polar surface area (TPSA) is 174 Å². The Kier molecular flexibility index (Phi) is 13.7. The van der Waals surface area contributed by atoms with E-state index in [4.69, 9.17) is 5.11 Å². The second-order valence-corrected chi connectivity index (χ2v) is 9.69. The monoisotopic (exact) mass is 532 g/mol. The lowest BCUT2D eigenvalue weighted by atomic mass is 9.96. The number of unbranched alkanes of at least 4 members (excludes halogenated alkanes) is 2. The van der Waals surface area contributed by atoms with Gasteiger partial charge in [-0.3, -0.25) is 14.4 Å². The van der Waals surface area contributed by atoms with Gasteiger partial charge in [0.15, 0.2) is 0 Å². The molecular formula is C27H40N4O7. The molecule has 6 N–H and O–H groups in total. The van der Waals surface area contributed by atoms with E-state index in [2.05, 4.69) is 21.3 Å². The fourth-order valence-electron chi connectivity index (χ4n) is 4.40. The smallest absolute Gasteiger partial charge is 0.326 e. The summed E-state index contributed by atoms with van der Waals surface area (Å²) in [6, 6.07) is 6.69. The number of carbonyl (C=O) groups is 5. The molecule has 0 unspecified atom stereocenters. The number of hydrogen-bond acceptors (Lipinski definition) is 5. The lowest BCUT2D eigenvalue weighted by Crippen LogP contribution is -2.52. The van der Waals surface area contributed by atoms with E-state index in [1.165, 1.54) is 6.42 Å². The normalized spacial score (nSPS) is 15.1. The van der Waals surface area contributed by atoms with Crippen molar-refractivity contribution >= 4 is 29.8 Å². The molecule has 1 aromatic carbocycles. The first kappa shape index (κ1) is 30.6. The van der Waals surface area contributed by atoms with Crippen LogP contribution in [-0.4, -0.2) is 64.7 Å². The number of carboxylic acids is 2. The Morgan fingerprint density at radius 3 is 2.21 bits per heavy atom. The third kappa shape index (κ3) is 12.6. The van der Waals surface area contributed by atoms with Crippen molar-refractivity contribution in [1.29, 1.82) is 0 Å². The Bertz CT molecular complexity index is 919. The van der Waals surface area contributed by atoms with Crippen molar-refractivity contribution in [2.75, 3.05) is 6.54 Å². The lowest BCUT2D eigenvalue weighted by Gasteiger charge is -2.22. The highest BCUT2D eigenvalue weighted by Crippen LogP contribution is 2.17. The highest BCUT2D eigenvalue weighted by Gasteiger charge is 2.27. The zero-order valence-corrected chi connectivity index (χ0v) is 21.7. The predicted molar refractivity (Wildman–Crippen MR) is 140 cm³/mol. The number of nitrogens with one attached hydrogen (secondary N) is 4. The maximum atomic E-state index is 12.9. The Labute approximate surface area is 223 Å². The third-order valence-corrected chi connectivity index (χ3v) is 6.50. The minimum atomic E-state index is -1.38. The number of aliphatic carboxylic acids is 2. The largest absolute Gasteiger partial charge is 0.481 e. The van der Waals surface area contributed by atoms with Crippen LogP contribution in [0.1, 0.15) is 76.2 Å². The standard InChI is InChI=1S/C27H40N4O7/c32-23(14-8-3-9-17-28-27(38)29-20-12-6-2-7-13-20)30-22(18-19-10-4-1-5-11-19)25(35)31-21(26(36)37)15-16-24(33)34/h1,4-5,10-11,20-22H,2-3,6-9,12-18H2,(H,30,32)(H,31,35)(H,33,34)(H,36,37)(H2,28,29,38)/t21-,22-/m0/s1. The number of urea groups is 1. The maximum absolute atomic E-state index is 12.9. The number of carboxylic acid groups (broad SMARTS) is 2. The van der Waals surface area contributed by atoms with Crippen LogP contribution in [0, 0.1) is 0 Å². The molecule has 1 aromatic rings. The van der Waals surface area contributed by atoms with Crippen LogP contribution < -0.4 is 21.3 Å². The molecule has 0 aliphatic heterocycles. The van der Waals surface area contributed by atoms with E-state index >= 15 is 0 Å². The average Bonchev–Trinajstić information content (AvgIpc) is 2.89. The molecule has 0 bridgehead atoms. The van der Waals surface area contributed by atoms with E-state index in [0.29, 0.717) is 25.8 Å². The minimum absolute atomic E-state index is 0.156. The van der Waals surface area contributed by atoms with Gasteiger partial charge in [0, 0.05) is 31.8 Å². The van der Waals surface area contributed by atoms with Gasteiger partial charge in [0.1, 0.15) is 12.1 Å². The number of carbonyl (C=O) groups excluding carboxylic acids is 3. The summed E-state index contributed by atoms with van der Waals surface area (Å²) in [6.45, 7) is 0.506. The van der Waals surface area contributed by atoms with Crippen molar-refractivity contribution < 1.29 is 34.2 Å². The average molecular weight is 533 g/mol. The molecule has 38 heavy (non-hydrogen) atoms. The molecule has 2 atom stereocenters. The van der Waals surface area contributed by atoms with Gasteiger partial charge in [0.2, 0.25) is 11.8 Å². The summed E-state index contributed by atoms with van der Waals surface area (Å²) in [5.41, 5.74) is 0.780. The van der Waals surface area contributed by atoms with Gasteiger partial charge >= 0.3 is 18.0 Å². The number of hydrogen-bond donors (Lipinski definition) is 6. The Hall–Kier alpha value is -3.63. The second kappa shape index (κ2) is 17.0. The van der Waals surface area contributed by atoms with E-state index < -0.39 is 36.4 Å². The molecule has 1 aliphatic carbocycles. The van der Waals surface area contributed by atoms with Crippen LogP contribution in [0.25, 0.3) is 0 Å². The fourth-order valence-corrected chi connectivity index (χ4v) is 4.40. The fraction of sp³-hybridized carbons (Fsp3) is 0.593. The Morgan fingerprint density at radius 2 is 1.55 bits per heavy atom. The molecule has 0 spiro atoms. The summed E-state index contributed by atoms with van der Waals surface area (Å²) in [7, 11) is 0. The number of benzene rings is 1. The molecule has 2 rings (SSSR count). The minimum Gasteiger partial charge on any atom is -0.481 e. The molecule has 0 saturated heterocycles. The molecule has 0 heterocycles. The number of amides is 4. The molecule has 11 nitrogen and oxygen atoms in total. The van der Waals surface area contributed by atoms with Crippen molar-refractivity contribution in [2.45, 2.75) is 95.2 Å². The van der Waals surface area contributed by atoms with Crippen LogP contribution in [-0.2, 0) is 25.6 Å². The van der Waals surface area contributed by atoms with Crippen molar-refractivity contribution in [3.63, 3.8) is 0 Å². The molecule has 11 heteroatoms. The highest BCUT2D eigenvalue weighted by molar-refractivity contribution is 5.90. The third-order valence-electron chi connectivity index (χ3n) is 6.50. The first-order valence-electron chi connectivity index (χ1n) is 13.4. The van der Waals surface area contributed by atoms with Gasteiger partial charge in [-0.25, -0.2) is 9.59 Å². The summed E-state index contributed by atoms with van der Waals surface area (Å²) in [4.78, 5) is 59.8. The SMILES string of the molecule is O=C(O)CC[C@H](NC(=O)[C@H](Cc1ccccc1)NC(=O)CCCCCNC(=O)NC1CCCCC1)C(=O)O. The maximum Gasteiger partial charge on any atom is 0.326 e. The van der Waals surface area contributed by atoms with Gasteiger partial charge in [-0.1, -0.05) is 56.0 Å². The van der Waals surface area contributed by atoms with Gasteiger partial charge in [0.25, 0.3) is 0 Å². The van der Waals surface area contributed by atoms with Gasteiger partial charge in [0.05, 0.1) is 0 Å². The van der Waals surface area contributed by atoms with Crippen LogP contribution in [0.2, 0.25) is 0 Å². The van der Waals surface area contributed by atoms with Crippen molar-refractivity contribution in [1.82, 2.24) is 21.3 Å². The van der Waals surface area contributed by atoms with E-state index in [-0.39, 0.29) is 37.2 Å². The molecule has 0 aromatic heterocycles. The highest BCUT2D eigenvalue weighted by atomic mass is 16.4. The predicted octanol–water partition coefficient (Wildman–Crippen LogP) is 2.34. The molecule has 0 radical (unpaired) electrons. The molecule has 1 saturated carbocycles. The van der Waals surface area contributed by atoms with E-state index in [1.54, 1.807) is 24.3 Å². The second-order valence-electron chi connectivity index (χ2n) is 9.69. The van der Waals surface area contributed by atoms with Crippen molar-refractivity contribution in [3.05, 3.63) is 35.9 Å². The Balaban J connectivity index is 1.78. The molecule has 210 valence electrons. The van der Waals surface area contributed by atoms with Crippen LogP contribution in [0.3, 0.4) is 0 Å². The van der Waals surface area contributed by atoms with Crippen molar-refractivity contribution in [2.24, 2.45) is 0 Å². The zero-order valence-electron chi connectivity index (χ0n) is 21.7. The van der Waals surface area contributed by atoms with Gasteiger partial charge in [-0.15, -0.1) is 0 Å². The van der Waals surface area contributed by atoms with Crippen LogP contribution >= 0.6 is 0 Å². The van der Waals surface area contributed by atoms with E-state index in [9.17, 15) is 29.1 Å². The molecule has 4 amide bonds. The van der Waals surface area contributed by atoms with E-state index in [1.807, 2.05) is 6.07 Å². The molecule has 1 aliphatic rings. The lowest BCUT2D eigenvalue weighted by molar-refractivity contribution is -0.143. The number of rotatable bonds is 16. The van der Waals surface area contributed by atoms with E-state index in [0.717, 1.165) is 31.2 Å². The Morgan fingerprint density at radius 1 is 0.842 bits per heavy atom. The van der Waals surface area contributed by atoms with Gasteiger partial charge < -0.3 is 31.5 Å². The quantitative estimate of drug-likeness (QED) is 0.177. The summed E-state index contributed by atoms with van der Waals surface area (Å²) >= 11 is 0. The zero-order chi connectivity index (χ0) is 27.8. The van der Waals surface area contributed by atoms with Gasteiger partial charge in [-0.2, -0.15) is 0 Å². The first-order chi connectivity index (χ1) is 18.2. The van der Waals surface area contributed by atoms with Gasteiger partial charge in [-0.05, 0) is 37.7 Å². The van der Waals surface area contributed by atoms with Crippen LogP contribution in [0.5, 0.6) is 0 Å². The van der Waals surface area contributed by atoms with Crippen molar-refractivity contribution in [3.8, 4) is 0 Å².